The Balaban J connectivity index is 0.00000289. The van der Waals surface area contributed by atoms with E-state index in [1.54, 1.807) is 36.4 Å². The highest BCUT2D eigenvalue weighted by Crippen LogP contribution is 2.43. The van der Waals surface area contributed by atoms with Gasteiger partial charge in [-0.2, -0.15) is 13.9 Å². The number of hydrogen-bond donors (Lipinski definition) is 1. The zero-order valence-electron chi connectivity index (χ0n) is 29.2. The quantitative estimate of drug-likeness (QED) is 0.177. The number of hydrogen-bond acceptors (Lipinski definition) is 5. The second-order valence-corrected chi connectivity index (χ2v) is 13.8. The van der Waals surface area contributed by atoms with Crippen molar-refractivity contribution >= 4 is 43.2 Å². The zero-order valence-corrected chi connectivity index (χ0v) is 31.7. The van der Waals surface area contributed by atoms with Gasteiger partial charge in [-0.05, 0) is 118 Å². The molecule has 0 amide bonds. The fourth-order valence-electron chi connectivity index (χ4n) is 7.81. The number of carbonyl (C=O) groups is 1. The van der Waals surface area contributed by atoms with E-state index in [0.717, 1.165) is 68.7 Å². The van der Waals surface area contributed by atoms with Crippen LogP contribution in [0.25, 0.3) is 0 Å². The SMILES string of the molecule is CCn1nc(Cc2ccc(OC(F)F)cc2)cc1C1CCN(CC2CC(N(C)[C@H](CC(C)C)C(=O)O)CC2c2cccc(F)c2)CC1.Cl.Cl.Cl. The van der Waals surface area contributed by atoms with Crippen LogP contribution in [-0.4, -0.2) is 76.0 Å². The molecule has 5 rings (SSSR count). The molecular formula is C37H52Cl3F3N4O3. The lowest BCUT2D eigenvalue weighted by molar-refractivity contribution is -0.144. The third kappa shape index (κ3) is 11.2. The lowest BCUT2D eigenvalue weighted by atomic mass is 9.87. The number of carboxylic acid groups (broad SMARTS) is 1. The van der Waals surface area contributed by atoms with Crippen molar-refractivity contribution in [2.75, 3.05) is 26.7 Å². The molecule has 1 aliphatic carbocycles. The Kier molecular flexibility index (Phi) is 17.4. The van der Waals surface area contributed by atoms with Crippen LogP contribution in [0.2, 0.25) is 0 Å². The predicted molar refractivity (Wildman–Crippen MR) is 198 cm³/mol. The van der Waals surface area contributed by atoms with Crippen LogP contribution in [0.4, 0.5) is 13.2 Å². The van der Waals surface area contributed by atoms with Crippen molar-refractivity contribution in [3.05, 3.63) is 82.9 Å². The number of likely N-dealkylation sites (N-methyl/N-ethyl adjacent to an activating group) is 1. The van der Waals surface area contributed by atoms with Crippen LogP contribution in [0.5, 0.6) is 5.75 Å². The van der Waals surface area contributed by atoms with Gasteiger partial charge >= 0.3 is 12.6 Å². The average Bonchev–Trinajstić information content (AvgIpc) is 3.64. The van der Waals surface area contributed by atoms with Gasteiger partial charge in [0.15, 0.2) is 0 Å². The van der Waals surface area contributed by atoms with Crippen LogP contribution >= 0.6 is 37.2 Å². The Bertz CT molecular complexity index is 1470. The van der Waals surface area contributed by atoms with E-state index in [2.05, 4.69) is 46.1 Å². The maximum Gasteiger partial charge on any atom is 0.387 e. The highest BCUT2D eigenvalue weighted by molar-refractivity contribution is 5.86. The zero-order chi connectivity index (χ0) is 33.7. The Hall–Kier alpha value is -2.50. The summed E-state index contributed by atoms with van der Waals surface area (Å²) < 4.78 is 46.0. The number of likely N-dealkylation sites (tertiary alicyclic amines) is 1. The number of halogens is 6. The summed E-state index contributed by atoms with van der Waals surface area (Å²) in [5.41, 5.74) is 4.20. The first-order valence-corrected chi connectivity index (χ1v) is 17.0. The molecule has 1 aromatic heterocycles. The molecule has 1 saturated carbocycles. The summed E-state index contributed by atoms with van der Waals surface area (Å²) in [5, 5.41) is 14.9. The van der Waals surface area contributed by atoms with E-state index < -0.39 is 18.6 Å². The number of aromatic nitrogens is 2. The number of nitrogens with zero attached hydrogens (tertiary/aromatic N) is 4. The molecule has 1 aliphatic heterocycles. The fraction of sp³-hybridized carbons (Fsp3) is 0.568. The first kappa shape index (κ1) is 43.7. The van der Waals surface area contributed by atoms with E-state index in [4.69, 9.17) is 5.10 Å². The van der Waals surface area contributed by atoms with E-state index in [1.807, 2.05) is 13.1 Å². The summed E-state index contributed by atoms with van der Waals surface area (Å²) in [6.07, 6.45) is 4.96. The number of ether oxygens (including phenoxy) is 1. The normalized spacial score (nSPS) is 20.3. The van der Waals surface area contributed by atoms with Crippen molar-refractivity contribution in [3.8, 4) is 5.75 Å². The number of rotatable bonds is 14. The van der Waals surface area contributed by atoms with Crippen molar-refractivity contribution in [3.63, 3.8) is 0 Å². The van der Waals surface area contributed by atoms with Crippen molar-refractivity contribution in [2.45, 2.75) is 96.4 Å². The molecule has 0 spiro atoms. The minimum atomic E-state index is -2.84. The molecule has 4 atom stereocenters. The molecule has 7 nitrogen and oxygen atoms in total. The second-order valence-electron chi connectivity index (χ2n) is 13.8. The van der Waals surface area contributed by atoms with E-state index >= 15 is 0 Å². The van der Waals surface area contributed by atoms with Crippen LogP contribution in [-0.2, 0) is 17.8 Å². The number of aryl methyl sites for hydroxylation is 1. The molecule has 50 heavy (non-hydrogen) atoms. The lowest BCUT2D eigenvalue weighted by Gasteiger charge is -2.35. The number of carboxylic acids is 1. The molecule has 1 saturated heterocycles. The molecule has 2 aliphatic rings. The number of alkyl halides is 2. The molecule has 2 aromatic carbocycles. The van der Waals surface area contributed by atoms with E-state index in [9.17, 15) is 23.1 Å². The van der Waals surface area contributed by atoms with Crippen molar-refractivity contribution in [2.24, 2.45) is 11.8 Å². The van der Waals surface area contributed by atoms with Crippen LogP contribution < -0.4 is 4.74 Å². The predicted octanol–water partition coefficient (Wildman–Crippen LogP) is 8.67. The number of piperidine rings is 1. The fourth-order valence-corrected chi connectivity index (χ4v) is 7.81. The van der Waals surface area contributed by atoms with Gasteiger partial charge in [0.1, 0.15) is 17.6 Å². The highest BCUT2D eigenvalue weighted by Gasteiger charge is 2.41. The highest BCUT2D eigenvalue weighted by atomic mass is 35.5. The van der Waals surface area contributed by atoms with Gasteiger partial charge in [-0.3, -0.25) is 14.4 Å². The second kappa shape index (κ2) is 19.9. The Morgan fingerprint density at radius 2 is 1.72 bits per heavy atom. The summed E-state index contributed by atoms with van der Waals surface area (Å²) in [4.78, 5) is 16.8. The topological polar surface area (TPSA) is 70.8 Å². The van der Waals surface area contributed by atoms with E-state index in [1.165, 1.54) is 11.8 Å². The Labute approximate surface area is 313 Å². The van der Waals surface area contributed by atoms with E-state index in [-0.39, 0.29) is 66.7 Å². The summed E-state index contributed by atoms with van der Waals surface area (Å²) in [6, 6.07) is 15.5. The Morgan fingerprint density at radius 1 is 1.04 bits per heavy atom. The molecule has 0 bridgehead atoms. The van der Waals surface area contributed by atoms with Gasteiger partial charge in [0, 0.05) is 37.2 Å². The van der Waals surface area contributed by atoms with Crippen LogP contribution in [0.1, 0.15) is 87.2 Å². The van der Waals surface area contributed by atoms with Gasteiger partial charge in [-0.25, -0.2) is 4.39 Å². The summed E-state index contributed by atoms with van der Waals surface area (Å²) in [6.45, 7) is 6.97. The molecule has 1 N–H and O–H groups in total. The van der Waals surface area contributed by atoms with Gasteiger partial charge in [-0.15, -0.1) is 37.2 Å². The number of aliphatic carboxylic acids is 1. The third-order valence-corrected chi connectivity index (χ3v) is 10.2. The first-order valence-electron chi connectivity index (χ1n) is 17.0. The van der Waals surface area contributed by atoms with Gasteiger partial charge in [0.25, 0.3) is 0 Å². The maximum absolute atomic E-state index is 14.4. The van der Waals surface area contributed by atoms with Crippen molar-refractivity contribution in [1.29, 1.82) is 0 Å². The van der Waals surface area contributed by atoms with Crippen LogP contribution in [0.3, 0.4) is 0 Å². The number of benzene rings is 2. The molecule has 13 heteroatoms. The summed E-state index contributed by atoms with van der Waals surface area (Å²) >= 11 is 0. The Morgan fingerprint density at radius 3 is 2.30 bits per heavy atom. The van der Waals surface area contributed by atoms with Crippen molar-refractivity contribution < 1.29 is 27.8 Å². The van der Waals surface area contributed by atoms with Crippen LogP contribution in [0.15, 0.2) is 54.6 Å². The molecule has 0 radical (unpaired) electrons. The smallest absolute Gasteiger partial charge is 0.387 e. The summed E-state index contributed by atoms with van der Waals surface area (Å²) in [7, 11) is 1.95. The van der Waals surface area contributed by atoms with Crippen molar-refractivity contribution in [1.82, 2.24) is 19.6 Å². The minimum Gasteiger partial charge on any atom is -0.480 e. The molecule has 3 aromatic rings. The van der Waals surface area contributed by atoms with Gasteiger partial charge in [0.05, 0.1) is 5.69 Å². The van der Waals surface area contributed by atoms with Gasteiger partial charge < -0.3 is 14.7 Å². The largest absolute Gasteiger partial charge is 0.480 e. The van der Waals surface area contributed by atoms with Gasteiger partial charge in [-0.1, -0.05) is 38.1 Å². The molecule has 2 fully saturated rings. The minimum absolute atomic E-state index is 0. The average molecular weight is 764 g/mol. The first-order chi connectivity index (χ1) is 22.5. The van der Waals surface area contributed by atoms with E-state index in [0.29, 0.717) is 24.7 Å². The lowest BCUT2D eigenvalue weighted by Crippen LogP contribution is -2.45. The maximum atomic E-state index is 14.4. The summed E-state index contributed by atoms with van der Waals surface area (Å²) in [5.74, 6) is 0.283. The standard InChI is InChI=1S/C37H49F3N4O3.3ClH/c1-5-44-34(21-30(41-44)18-25-9-11-32(12-10-25)47-37(39)40)26-13-15-43(16-14-26)23-28-20-31(42(4)35(36(45)46)17-24(2)3)22-33(28)27-7-6-8-29(38)19-27;;;/h6-12,19,21,24,26,28,31,33,35,37H,5,13-18,20,22-23H2,1-4H3,(H,45,46);3*1H/t28?,31?,33?,35-;;;/m1.../s1. The van der Waals surface area contributed by atoms with Gasteiger partial charge in [0.2, 0.25) is 0 Å². The molecular weight excluding hydrogens is 712 g/mol. The molecule has 3 unspecified atom stereocenters. The third-order valence-electron chi connectivity index (χ3n) is 10.2. The monoisotopic (exact) mass is 762 g/mol. The van der Waals surface area contributed by atoms with Crippen LogP contribution in [0, 0.1) is 17.7 Å². The molecule has 280 valence electrons. The molecule has 2 heterocycles.